The van der Waals surface area contributed by atoms with E-state index in [4.69, 9.17) is 0 Å². The van der Waals surface area contributed by atoms with Gasteiger partial charge in [-0.1, -0.05) is 0 Å². The smallest absolute Gasteiger partial charge is 0.193 e. The zero-order valence-electron chi connectivity index (χ0n) is 9.57. The Balaban J connectivity index is 0.00000196. The van der Waals surface area contributed by atoms with E-state index < -0.39 is 0 Å². The molecule has 0 saturated carbocycles. The zero-order valence-corrected chi connectivity index (χ0v) is 12.7. The molecule has 0 radical (unpaired) electrons. The van der Waals surface area contributed by atoms with E-state index in [1.165, 1.54) is 9.75 Å². The number of halogens is 1. The zero-order chi connectivity index (χ0) is 10.6. The van der Waals surface area contributed by atoms with Gasteiger partial charge in [0.1, 0.15) is 0 Å². The Bertz CT molecular complexity index is 320. The predicted molar refractivity (Wildman–Crippen MR) is 78.4 cm³/mol. The Morgan fingerprint density at radius 2 is 2.13 bits per heavy atom. The number of rotatable bonds is 2. The molecule has 0 atom stereocenters. The van der Waals surface area contributed by atoms with Gasteiger partial charge in [0, 0.05) is 30.9 Å². The highest BCUT2D eigenvalue weighted by molar-refractivity contribution is 14.0. The molecule has 0 aromatic carbocycles. The van der Waals surface area contributed by atoms with Gasteiger partial charge in [-0.25, -0.2) is 0 Å². The largest absolute Gasteiger partial charge is 0.351 e. The molecule has 0 spiro atoms. The molecule has 1 aromatic rings. The SMILES string of the molecule is CN=C(NCc1ccc(C)s1)N(C)C.I. The van der Waals surface area contributed by atoms with Gasteiger partial charge in [0.25, 0.3) is 0 Å². The first kappa shape index (κ1) is 14.7. The molecular formula is C10H18IN3S. The molecule has 0 aliphatic carbocycles. The second kappa shape index (κ2) is 7.05. The number of guanidine groups is 1. The maximum Gasteiger partial charge on any atom is 0.193 e. The minimum atomic E-state index is 0. The maximum absolute atomic E-state index is 4.15. The monoisotopic (exact) mass is 339 g/mol. The van der Waals surface area contributed by atoms with Crippen molar-refractivity contribution in [3.05, 3.63) is 21.9 Å². The van der Waals surface area contributed by atoms with Crippen LogP contribution in [0.1, 0.15) is 9.75 Å². The molecule has 1 rings (SSSR count). The summed E-state index contributed by atoms with van der Waals surface area (Å²) in [5.41, 5.74) is 0. The summed E-state index contributed by atoms with van der Waals surface area (Å²) in [7, 11) is 5.76. The highest BCUT2D eigenvalue weighted by Gasteiger charge is 2.01. The Morgan fingerprint density at radius 1 is 1.47 bits per heavy atom. The van der Waals surface area contributed by atoms with Crippen molar-refractivity contribution in [3.63, 3.8) is 0 Å². The minimum absolute atomic E-state index is 0. The molecule has 1 aromatic heterocycles. The second-order valence-corrected chi connectivity index (χ2v) is 4.68. The van der Waals surface area contributed by atoms with Crippen LogP contribution in [0.5, 0.6) is 0 Å². The van der Waals surface area contributed by atoms with E-state index in [1.54, 1.807) is 7.05 Å². The van der Waals surface area contributed by atoms with Crippen LogP contribution < -0.4 is 5.32 Å². The lowest BCUT2D eigenvalue weighted by Gasteiger charge is -2.16. The molecule has 1 heterocycles. The minimum Gasteiger partial charge on any atom is -0.351 e. The number of hydrogen-bond acceptors (Lipinski definition) is 2. The molecule has 0 unspecified atom stereocenters. The van der Waals surface area contributed by atoms with Crippen molar-refractivity contribution in [2.75, 3.05) is 21.1 Å². The van der Waals surface area contributed by atoms with Crippen LogP contribution in [0.15, 0.2) is 17.1 Å². The fourth-order valence-corrected chi connectivity index (χ4v) is 2.01. The summed E-state index contributed by atoms with van der Waals surface area (Å²) in [4.78, 5) is 8.81. The van der Waals surface area contributed by atoms with Crippen molar-refractivity contribution in [2.24, 2.45) is 4.99 Å². The van der Waals surface area contributed by atoms with Crippen molar-refractivity contribution >= 4 is 41.3 Å². The Labute approximate surface area is 113 Å². The van der Waals surface area contributed by atoms with Crippen LogP contribution in [-0.2, 0) is 6.54 Å². The molecule has 0 bridgehead atoms. The van der Waals surface area contributed by atoms with Crippen molar-refractivity contribution in [3.8, 4) is 0 Å². The fourth-order valence-electron chi connectivity index (χ4n) is 1.18. The van der Waals surface area contributed by atoms with Gasteiger partial charge in [0.05, 0.1) is 6.54 Å². The van der Waals surface area contributed by atoms with Crippen LogP contribution >= 0.6 is 35.3 Å². The highest BCUT2D eigenvalue weighted by Crippen LogP contribution is 2.14. The summed E-state index contributed by atoms with van der Waals surface area (Å²) in [6.07, 6.45) is 0. The third kappa shape index (κ3) is 4.83. The van der Waals surface area contributed by atoms with Crippen molar-refractivity contribution in [1.29, 1.82) is 0 Å². The standard InChI is InChI=1S/C10H17N3S.HI/c1-8-5-6-9(14-8)7-12-10(11-2)13(3)4;/h5-6H,7H2,1-4H3,(H,11,12);1H. The van der Waals surface area contributed by atoms with Crippen molar-refractivity contribution in [2.45, 2.75) is 13.5 Å². The van der Waals surface area contributed by atoms with Gasteiger partial charge in [-0.2, -0.15) is 0 Å². The quantitative estimate of drug-likeness (QED) is 0.509. The number of nitrogens with zero attached hydrogens (tertiary/aromatic N) is 2. The van der Waals surface area contributed by atoms with E-state index in [9.17, 15) is 0 Å². The van der Waals surface area contributed by atoms with Gasteiger partial charge in [-0.15, -0.1) is 35.3 Å². The van der Waals surface area contributed by atoms with Crippen molar-refractivity contribution < 1.29 is 0 Å². The van der Waals surface area contributed by atoms with Crippen LogP contribution in [0.2, 0.25) is 0 Å². The lowest BCUT2D eigenvalue weighted by atomic mass is 10.4. The molecule has 0 aliphatic rings. The van der Waals surface area contributed by atoms with Gasteiger partial charge in [0.15, 0.2) is 5.96 Å². The van der Waals surface area contributed by atoms with E-state index in [0.29, 0.717) is 0 Å². The van der Waals surface area contributed by atoms with Crippen LogP contribution in [0.3, 0.4) is 0 Å². The van der Waals surface area contributed by atoms with E-state index >= 15 is 0 Å². The normalized spacial score (nSPS) is 10.8. The summed E-state index contributed by atoms with van der Waals surface area (Å²) in [5.74, 6) is 0.913. The molecule has 0 aliphatic heterocycles. The highest BCUT2D eigenvalue weighted by atomic mass is 127. The second-order valence-electron chi connectivity index (χ2n) is 3.31. The average Bonchev–Trinajstić information content (AvgIpc) is 2.52. The molecule has 0 amide bonds. The molecule has 1 N–H and O–H groups in total. The summed E-state index contributed by atoms with van der Waals surface area (Å²) >= 11 is 1.82. The first-order valence-electron chi connectivity index (χ1n) is 4.56. The number of nitrogens with one attached hydrogen (secondary N) is 1. The number of hydrogen-bond donors (Lipinski definition) is 1. The number of aliphatic imine (C=N–C) groups is 1. The summed E-state index contributed by atoms with van der Waals surface area (Å²) < 4.78 is 0. The molecule has 86 valence electrons. The third-order valence-electron chi connectivity index (χ3n) is 1.85. The molecule has 5 heteroatoms. The van der Waals surface area contributed by atoms with E-state index in [-0.39, 0.29) is 24.0 Å². The molecular weight excluding hydrogens is 321 g/mol. The van der Waals surface area contributed by atoms with Gasteiger partial charge in [0.2, 0.25) is 0 Å². The first-order valence-corrected chi connectivity index (χ1v) is 5.38. The Kier molecular flexibility index (Phi) is 6.91. The number of aryl methyl sites for hydroxylation is 1. The summed E-state index contributed by atoms with van der Waals surface area (Å²) in [6.45, 7) is 2.97. The van der Waals surface area contributed by atoms with Gasteiger partial charge < -0.3 is 10.2 Å². The lowest BCUT2D eigenvalue weighted by molar-refractivity contribution is 0.583. The predicted octanol–water partition coefficient (Wildman–Crippen LogP) is 2.31. The Hall–Kier alpha value is -0.300. The first-order chi connectivity index (χ1) is 6.63. The van der Waals surface area contributed by atoms with E-state index in [0.717, 1.165) is 12.5 Å². The van der Waals surface area contributed by atoms with Gasteiger partial charge in [-0.3, -0.25) is 4.99 Å². The van der Waals surface area contributed by atoms with E-state index in [1.807, 2.05) is 30.3 Å². The van der Waals surface area contributed by atoms with Crippen molar-refractivity contribution in [1.82, 2.24) is 10.2 Å². The van der Waals surface area contributed by atoms with Crippen LogP contribution in [-0.4, -0.2) is 32.0 Å². The average molecular weight is 339 g/mol. The number of thiophene rings is 1. The topological polar surface area (TPSA) is 27.6 Å². The molecule has 15 heavy (non-hydrogen) atoms. The van der Waals surface area contributed by atoms with Gasteiger partial charge >= 0.3 is 0 Å². The molecule has 0 fully saturated rings. The van der Waals surface area contributed by atoms with Gasteiger partial charge in [-0.05, 0) is 19.1 Å². The molecule has 3 nitrogen and oxygen atoms in total. The summed E-state index contributed by atoms with van der Waals surface area (Å²) in [6, 6.07) is 4.29. The van der Waals surface area contributed by atoms with E-state index in [2.05, 4.69) is 29.4 Å². The molecule has 0 saturated heterocycles. The van der Waals surface area contributed by atoms with Crippen LogP contribution in [0, 0.1) is 6.92 Å². The van der Waals surface area contributed by atoms with Crippen LogP contribution in [0.4, 0.5) is 0 Å². The maximum atomic E-state index is 4.15. The summed E-state index contributed by atoms with van der Waals surface area (Å²) in [5, 5.41) is 3.28. The lowest BCUT2D eigenvalue weighted by Crippen LogP contribution is -2.35. The third-order valence-corrected chi connectivity index (χ3v) is 2.85. The Morgan fingerprint density at radius 3 is 2.53 bits per heavy atom. The fraction of sp³-hybridized carbons (Fsp3) is 0.500. The van der Waals surface area contributed by atoms with Crippen LogP contribution in [0.25, 0.3) is 0 Å².